The van der Waals surface area contributed by atoms with E-state index >= 15 is 0 Å². The third kappa shape index (κ3) is 4.13. The van der Waals surface area contributed by atoms with Crippen LogP contribution in [-0.2, 0) is 24.4 Å². The highest BCUT2D eigenvalue weighted by atomic mass is 35.5. The molecule has 0 radical (unpaired) electrons. The molecule has 0 aliphatic heterocycles. The molecule has 1 N–H and O–H groups in total. The molecule has 8 heteroatoms. The largest absolute Gasteiger partial charge is 0.449 e. The van der Waals surface area contributed by atoms with Crippen LogP contribution in [0.25, 0.3) is 22.1 Å². The number of para-hydroxylation sites is 1. The van der Waals surface area contributed by atoms with Crippen LogP contribution in [0.3, 0.4) is 0 Å². The van der Waals surface area contributed by atoms with Gasteiger partial charge in [0.1, 0.15) is 17.6 Å². The van der Waals surface area contributed by atoms with Crippen molar-refractivity contribution in [3.63, 3.8) is 0 Å². The summed E-state index contributed by atoms with van der Waals surface area (Å²) in [5, 5.41) is 3.99. The minimum absolute atomic E-state index is 0.0213. The number of carbonyl (C=O) groups is 1. The maximum atomic E-state index is 13.5. The van der Waals surface area contributed by atoms with Crippen molar-refractivity contribution in [2.24, 2.45) is 0 Å². The normalized spacial score (nSPS) is 11.2. The van der Waals surface area contributed by atoms with Gasteiger partial charge in [0.15, 0.2) is 0 Å². The van der Waals surface area contributed by atoms with Crippen molar-refractivity contribution < 1.29 is 9.21 Å². The lowest BCUT2D eigenvalue weighted by Crippen LogP contribution is -2.42. The van der Waals surface area contributed by atoms with Gasteiger partial charge in [-0.2, -0.15) is 0 Å². The van der Waals surface area contributed by atoms with Crippen molar-refractivity contribution in [1.82, 2.24) is 14.5 Å². The van der Waals surface area contributed by atoms with E-state index in [2.05, 4.69) is 5.32 Å². The highest BCUT2D eigenvalue weighted by Gasteiger charge is 2.21. The molecule has 0 fully saturated rings. The van der Waals surface area contributed by atoms with Crippen LogP contribution in [0.1, 0.15) is 11.1 Å². The Bertz CT molecular complexity index is 1620. The molecule has 0 saturated carbocycles. The fourth-order valence-electron chi connectivity index (χ4n) is 3.95. The molecule has 34 heavy (non-hydrogen) atoms. The van der Waals surface area contributed by atoms with E-state index in [1.54, 1.807) is 48.5 Å². The van der Waals surface area contributed by atoms with Gasteiger partial charge in [0.05, 0.1) is 6.54 Å². The van der Waals surface area contributed by atoms with E-state index in [-0.39, 0.29) is 24.6 Å². The number of nitrogens with one attached hydrogen (secondary N) is 1. The Morgan fingerprint density at radius 3 is 2.32 bits per heavy atom. The van der Waals surface area contributed by atoms with Gasteiger partial charge in [0.25, 0.3) is 5.56 Å². The van der Waals surface area contributed by atoms with Gasteiger partial charge < -0.3 is 9.73 Å². The Labute approximate surface area is 198 Å². The standard InChI is InChI=1S/C26H20ClN3O4/c27-19-12-10-18(11-13-19)15-30-25(32)24-23(20-8-4-5-9-21(20)34-24)29(26(30)33)16-22(31)28-14-17-6-2-1-3-7-17/h1-13H,14-16H2,(H,28,31). The Morgan fingerprint density at radius 2 is 1.56 bits per heavy atom. The minimum Gasteiger partial charge on any atom is -0.449 e. The number of benzene rings is 3. The molecule has 7 nitrogen and oxygen atoms in total. The summed E-state index contributed by atoms with van der Waals surface area (Å²) in [5.41, 5.74) is 1.34. The highest BCUT2D eigenvalue weighted by molar-refractivity contribution is 6.30. The summed E-state index contributed by atoms with van der Waals surface area (Å²) in [4.78, 5) is 39.6. The number of hydrogen-bond donors (Lipinski definition) is 1. The number of fused-ring (bicyclic) bond motifs is 3. The quantitative estimate of drug-likeness (QED) is 0.405. The van der Waals surface area contributed by atoms with E-state index in [0.717, 1.165) is 15.7 Å². The molecule has 3 aromatic carbocycles. The molecule has 1 amide bonds. The summed E-state index contributed by atoms with van der Waals surface area (Å²) in [5.74, 6) is -0.353. The minimum atomic E-state index is -0.589. The van der Waals surface area contributed by atoms with Crippen molar-refractivity contribution >= 4 is 39.6 Å². The van der Waals surface area contributed by atoms with Crippen LogP contribution >= 0.6 is 11.6 Å². The van der Waals surface area contributed by atoms with Crippen molar-refractivity contribution in [2.75, 3.05) is 0 Å². The maximum absolute atomic E-state index is 13.5. The zero-order valence-electron chi connectivity index (χ0n) is 18.0. The molecular weight excluding hydrogens is 454 g/mol. The first-order valence-corrected chi connectivity index (χ1v) is 11.1. The average Bonchev–Trinajstić information content (AvgIpc) is 3.25. The van der Waals surface area contributed by atoms with Gasteiger partial charge in [0.2, 0.25) is 11.5 Å². The van der Waals surface area contributed by atoms with Gasteiger partial charge >= 0.3 is 5.69 Å². The number of aromatic nitrogens is 2. The summed E-state index contributed by atoms with van der Waals surface area (Å²) < 4.78 is 8.23. The molecule has 5 aromatic rings. The van der Waals surface area contributed by atoms with E-state index in [0.29, 0.717) is 28.1 Å². The average molecular weight is 474 g/mol. The van der Waals surface area contributed by atoms with E-state index in [1.807, 2.05) is 30.3 Å². The molecule has 0 spiro atoms. The fraction of sp³-hybridized carbons (Fsp3) is 0.115. The second kappa shape index (κ2) is 9.03. The molecule has 5 rings (SSSR count). The zero-order valence-corrected chi connectivity index (χ0v) is 18.8. The van der Waals surface area contributed by atoms with E-state index in [9.17, 15) is 14.4 Å². The summed E-state index contributed by atoms with van der Waals surface area (Å²) in [6.07, 6.45) is 0. The lowest BCUT2D eigenvalue weighted by molar-refractivity contribution is -0.121. The first-order valence-electron chi connectivity index (χ1n) is 10.7. The van der Waals surface area contributed by atoms with Crippen LogP contribution in [0.15, 0.2) is 92.9 Å². The molecule has 2 aromatic heterocycles. The van der Waals surface area contributed by atoms with Crippen molar-refractivity contribution in [1.29, 1.82) is 0 Å². The Balaban J connectivity index is 1.59. The molecule has 0 aliphatic rings. The zero-order chi connectivity index (χ0) is 23.7. The van der Waals surface area contributed by atoms with Gasteiger partial charge in [-0.1, -0.05) is 66.2 Å². The Kier molecular flexibility index (Phi) is 5.77. The first kappa shape index (κ1) is 21.7. The van der Waals surface area contributed by atoms with Crippen molar-refractivity contribution in [3.05, 3.63) is 116 Å². The number of nitrogens with zero attached hydrogens (tertiary/aromatic N) is 2. The Hall–Kier alpha value is -4.10. The molecule has 0 unspecified atom stereocenters. The topological polar surface area (TPSA) is 86.2 Å². The van der Waals surface area contributed by atoms with Crippen LogP contribution < -0.4 is 16.6 Å². The molecule has 0 saturated heterocycles. The van der Waals surface area contributed by atoms with Gasteiger partial charge in [-0.05, 0) is 35.4 Å². The third-order valence-corrected chi connectivity index (χ3v) is 5.88. The molecule has 0 bridgehead atoms. The second-order valence-electron chi connectivity index (χ2n) is 7.92. The number of furan rings is 1. The van der Waals surface area contributed by atoms with Crippen molar-refractivity contribution in [2.45, 2.75) is 19.6 Å². The van der Waals surface area contributed by atoms with E-state index in [1.165, 1.54) is 4.57 Å². The van der Waals surface area contributed by atoms with Crippen LogP contribution in [0, 0.1) is 0 Å². The number of carbonyl (C=O) groups excluding carboxylic acids is 1. The third-order valence-electron chi connectivity index (χ3n) is 5.63. The highest BCUT2D eigenvalue weighted by Crippen LogP contribution is 2.25. The van der Waals surface area contributed by atoms with Crippen LogP contribution in [-0.4, -0.2) is 15.0 Å². The predicted octanol–water partition coefficient (Wildman–Crippen LogP) is 3.93. The van der Waals surface area contributed by atoms with Gasteiger partial charge in [0, 0.05) is 17.0 Å². The van der Waals surface area contributed by atoms with Crippen LogP contribution in [0.5, 0.6) is 0 Å². The lowest BCUT2D eigenvalue weighted by Gasteiger charge is -2.12. The van der Waals surface area contributed by atoms with Crippen molar-refractivity contribution in [3.8, 4) is 0 Å². The van der Waals surface area contributed by atoms with Gasteiger partial charge in [-0.25, -0.2) is 4.79 Å². The summed E-state index contributed by atoms with van der Waals surface area (Å²) in [6, 6.07) is 23.4. The summed E-state index contributed by atoms with van der Waals surface area (Å²) in [6.45, 7) is 0.0914. The summed E-state index contributed by atoms with van der Waals surface area (Å²) in [7, 11) is 0. The SMILES string of the molecule is O=C(Cn1c(=O)n(Cc2ccc(Cl)cc2)c(=O)c2oc3ccccc3c21)NCc1ccccc1. The second-order valence-corrected chi connectivity index (χ2v) is 8.36. The van der Waals surface area contributed by atoms with Crippen LogP contribution in [0.2, 0.25) is 5.02 Å². The smallest absolute Gasteiger partial charge is 0.332 e. The monoisotopic (exact) mass is 473 g/mol. The lowest BCUT2D eigenvalue weighted by atomic mass is 10.2. The molecular formula is C26H20ClN3O4. The number of amides is 1. The predicted molar refractivity (Wildman–Crippen MR) is 131 cm³/mol. The molecule has 2 heterocycles. The number of rotatable bonds is 6. The molecule has 0 aliphatic carbocycles. The maximum Gasteiger partial charge on any atom is 0.332 e. The van der Waals surface area contributed by atoms with Crippen LogP contribution in [0.4, 0.5) is 0 Å². The number of halogens is 1. The summed E-state index contributed by atoms with van der Waals surface area (Å²) >= 11 is 5.96. The molecule has 170 valence electrons. The Morgan fingerprint density at radius 1 is 0.853 bits per heavy atom. The molecule has 0 atom stereocenters. The first-order chi connectivity index (χ1) is 16.5. The number of hydrogen-bond acceptors (Lipinski definition) is 4. The van der Waals surface area contributed by atoms with E-state index in [4.69, 9.17) is 16.0 Å². The van der Waals surface area contributed by atoms with Gasteiger partial charge in [-0.15, -0.1) is 0 Å². The fourth-order valence-corrected chi connectivity index (χ4v) is 4.08. The van der Waals surface area contributed by atoms with Gasteiger partial charge in [-0.3, -0.25) is 18.7 Å². The van der Waals surface area contributed by atoms with E-state index < -0.39 is 11.2 Å².